The first kappa shape index (κ1) is 27.6. The van der Waals surface area contributed by atoms with Crippen molar-refractivity contribution in [3.8, 4) is 0 Å². The van der Waals surface area contributed by atoms with E-state index in [0.29, 0.717) is 45.9 Å². The molecule has 4 radical (unpaired) electrons. The molecule has 3 aliphatic rings. The average Bonchev–Trinajstić information content (AvgIpc) is 2.75. The van der Waals surface area contributed by atoms with E-state index in [4.69, 9.17) is 34.4 Å². The van der Waals surface area contributed by atoms with E-state index < -0.39 is 19.7 Å². The first-order chi connectivity index (χ1) is 15.5. The minimum atomic E-state index is -3.37. The molecular formula is C21H41B2N4O5P. The van der Waals surface area contributed by atoms with Crippen LogP contribution in [-0.4, -0.2) is 131 Å². The lowest BCUT2D eigenvalue weighted by atomic mass is 9.94. The van der Waals surface area contributed by atoms with E-state index in [-0.39, 0.29) is 30.5 Å². The van der Waals surface area contributed by atoms with Crippen molar-refractivity contribution < 1.29 is 23.3 Å². The van der Waals surface area contributed by atoms with Gasteiger partial charge in [-0.2, -0.15) is 0 Å². The molecule has 186 valence electrons. The second-order valence-electron chi connectivity index (χ2n) is 10.4. The van der Waals surface area contributed by atoms with Crippen LogP contribution in [-0.2, 0) is 23.3 Å². The first-order valence-electron chi connectivity index (χ1n) is 12.1. The number of morpholine rings is 2. The summed E-state index contributed by atoms with van der Waals surface area (Å²) in [5.41, 5.74) is -0.0392. The van der Waals surface area contributed by atoms with Gasteiger partial charge in [-0.15, -0.1) is 0 Å². The van der Waals surface area contributed by atoms with Crippen molar-refractivity contribution in [1.82, 2.24) is 19.6 Å². The lowest BCUT2D eigenvalue weighted by Gasteiger charge is -2.47. The van der Waals surface area contributed by atoms with Gasteiger partial charge in [0, 0.05) is 69.9 Å². The van der Waals surface area contributed by atoms with Crippen molar-refractivity contribution in [1.29, 1.82) is 0 Å². The van der Waals surface area contributed by atoms with Gasteiger partial charge in [0.2, 0.25) is 0 Å². The summed E-state index contributed by atoms with van der Waals surface area (Å²) in [5.74, 6) is 0. The standard InChI is InChI=1S/C21H41B2N4O5P/c1-16(2)29-14-18-11-27(13-20(23)32-18)33(28,26-8-6-24-7-9-26)30-15-17-10-25(21(3,4)5)12-19(22)31-17/h16-20,24H,6-15H2,1-5H3. The number of ether oxygens (including phenoxy) is 3. The maximum Gasteiger partial charge on any atom is 0.346 e. The van der Waals surface area contributed by atoms with E-state index in [1.807, 2.05) is 23.2 Å². The smallest absolute Gasteiger partial charge is 0.346 e. The van der Waals surface area contributed by atoms with Gasteiger partial charge in [0.25, 0.3) is 0 Å². The Morgan fingerprint density at radius 3 is 2.18 bits per heavy atom. The highest BCUT2D eigenvalue weighted by Crippen LogP contribution is 2.55. The van der Waals surface area contributed by atoms with Gasteiger partial charge in [0.15, 0.2) is 0 Å². The van der Waals surface area contributed by atoms with Crippen molar-refractivity contribution in [3.63, 3.8) is 0 Å². The molecule has 3 rings (SSSR count). The van der Waals surface area contributed by atoms with E-state index in [9.17, 15) is 4.57 Å². The third-order valence-corrected chi connectivity index (χ3v) is 8.81. The maximum absolute atomic E-state index is 14.5. The molecule has 0 aliphatic carbocycles. The molecule has 0 aromatic rings. The molecule has 0 aromatic heterocycles. The second-order valence-corrected chi connectivity index (χ2v) is 12.8. The molecule has 0 aromatic carbocycles. The highest BCUT2D eigenvalue weighted by atomic mass is 31.2. The van der Waals surface area contributed by atoms with Crippen molar-refractivity contribution >= 4 is 23.4 Å². The summed E-state index contributed by atoms with van der Waals surface area (Å²) < 4.78 is 42.2. The van der Waals surface area contributed by atoms with Crippen LogP contribution in [0.4, 0.5) is 0 Å². The molecule has 0 spiro atoms. The number of piperazine rings is 1. The summed E-state index contributed by atoms with van der Waals surface area (Å²) in [5, 5.41) is 3.32. The molecule has 9 nitrogen and oxygen atoms in total. The SMILES string of the molecule is [B]C1CN(C(C)(C)C)CC(COP(=O)(N2CCNCC2)N2CC([B])OC(COC(C)C)C2)O1. The van der Waals surface area contributed by atoms with Gasteiger partial charge in [-0.25, -0.2) is 9.34 Å². The minimum Gasteiger partial charge on any atom is -0.380 e. The zero-order valence-corrected chi connectivity index (χ0v) is 21.8. The average molecular weight is 482 g/mol. The summed E-state index contributed by atoms with van der Waals surface area (Å²) in [4.78, 5) is 2.29. The molecule has 3 heterocycles. The van der Waals surface area contributed by atoms with E-state index in [1.165, 1.54) is 0 Å². The third kappa shape index (κ3) is 7.76. The van der Waals surface area contributed by atoms with Crippen LogP contribution in [0, 0.1) is 0 Å². The number of hydrogen-bond donors (Lipinski definition) is 1. The second kappa shape index (κ2) is 11.8. The Morgan fingerprint density at radius 1 is 0.970 bits per heavy atom. The van der Waals surface area contributed by atoms with Gasteiger partial charge in [-0.1, -0.05) is 0 Å². The highest BCUT2D eigenvalue weighted by Gasteiger charge is 2.44. The minimum absolute atomic E-state index is 0.0392. The lowest BCUT2D eigenvalue weighted by Crippen LogP contribution is -2.56. The van der Waals surface area contributed by atoms with Crippen LogP contribution in [0.1, 0.15) is 34.6 Å². The monoisotopic (exact) mass is 482 g/mol. The van der Waals surface area contributed by atoms with Gasteiger partial charge >= 0.3 is 7.67 Å². The van der Waals surface area contributed by atoms with Gasteiger partial charge in [-0.05, 0) is 34.6 Å². The van der Waals surface area contributed by atoms with Crippen LogP contribution in [0.5, 0.6) is 0 Å². The molecule has 0 saturated carbocycles. The van der Waals surface area contributed by atoms with Crippen molar-refractivity contribution in [2.75, 3.05) is 65.6 Å². The summed E-state index contributed by atoms with van der Waals surface area (Å²) in [7, 11) is 9.00. The molecule has 33 heavy (non-hydrogen) atoms. The molecule has 3 aliphatic heterocycles. The molecule has 1 N–H and O–H groups in total. The molecule has 3 fully saturated rings. The Morgan fingerprint density at radius 2 is 1.58 bits per heavy atom. The highest BCUT2D eigenvalue weighted by molar-refractivity contribution is 7.54. The molecular weight excluding hydrogens is 441 g/mol. The van der Waals surface area contributed by atoms with Gasteiger partial charge in [-0.3, -0.25) is 9.46 Å². The van der Waals surface area contributed by atoms with E-state index >= 15 is 0 Å². The van der Waals surface area contributed by atoms with Crippen molar-refractivity contribution in [2.24, 2.45) is 0 Å². The summed E-state index contributed by atoms with van der Waals surface area (Å²) in [6.45, 7) is 15.9. The normalized spacial score (nSPS) is 33.3. The Labute approximate surface area is 202 Å². The van der Waals surface area contributed by atoms with Crippen LogP contribution < -0.4 is 5.32 Å². The van der Waals surface area contributed by atoms with Crippen LogP contribution in [0.2, 0.25) is 0 Å². The van der Waals surface area contributed by atoms with E-state index in [0.717, 1.165) is 13.1 Å². The van der Waals surface area contributed by atoms with Gasteiger partial charge in [0.1, 0.15) is 15.7 Å². The Bertz CT molecular complexity index is 665. The summed E-state index contributed by atoms with van der Waals surface area (Å²) in [6.07, 6.45) is -0.458. The summed E-state index contributed by atoms with van der Waals surface area (Å²) >= 11 is 0. The lowest BCUT2D eigenvalue weighted by molar-refractivity contribution is -0.0963. The molecule has 3 saturated heterocycles. The molecule has 0 amide bonds. The van der Waals surface area contributed by atoms with Crippen LogP contribution in [0.25, 0.3) is 0 Å². The predicted molar refractivity (Wildman–Crippen MR) is 131 cm³/mol. The molecule has 5 unspecified atom stereocenters. The Balaban J connectivity index is 1.73. The van der Waals surface area contributed by atoms with E-state index in [2.05, 4.69) is 31.0 Å². The fourth-order valence-electron chi connectivity index (χ4n) is 4.39. The van der Waals surface area contributed by atoms with Crippen LogP contribution in [0.15, 0.2) is 0 Å². The van der Waals surface area contributed by atoms with E-state index in [1.54, 1.807) is 0 Å². The third-order valence-electron chi connectivity index (χ3n) is 6.16. The fourth-order valence-corrected chi connectivity index (χ4v) is 6.89. The van der Waals surface area contributed by atoms with Gasteiger partial charge < -0.3 is 24.1 Å². The quantitative estimate of drug-likeness (QED) is 0.396. The number of rotatable bonds is 8. The van der Waals surface area contributed by atoms with Crippen molar-refractivity contribution in [2.45, 2.75) is 70.5 Å². The molecule has 5 atom stereocenters. The zero-order valence-electron chi connectivity index (χ0n) is 20.9. The summed E-state index contributed by atoms with van der Waals surface area (Å²) in [6, 6.07) is -0.963. The van der Waals surface area contributed by atoms with Gasteiger partial charge in [0.05, 0.1) is 31.5 Å². The number of nitrogens with zero attached hydrogens (tertiary/aromatic N) is 3. The zero-order chi connectivity index (χ0) is 24.2. The van der Waals surface area contributed by atoms with Crippen LogP contribution >= 0.6 is 7.67 Å². The topological polar surface area (TPSA) is 75.7 Å². The maximum atomic E-state index is 14.5. The number of nitrogens with one attached hydrogen (secondary N) is 1. The largest absolute Gasteiger partial charge is 0.380 e. The predicted octanol–water partition coefficient (Wildman–Crippen LogP) is 0.631. The Hall–Kier alpha value is 0.0399. The molecule has 12 heteroatoms. The van der Waals surface area contributed by atoms with Crippen LogP contribution in [0.3, 0.4) is 0 Å². The fraction of sp³-hybridized carbons (Fsp3) is 1.00. The first-order valence-corrected chi connectivity index (χ1v) is 13.7. The number of hydrogen-bond acceptors (Lipinski definition) is 7. The van der Waals surface area contributed by atoms with Crippen molar-refractivity contribution in [3.05, 3.63) is 0 Å². The Kier molecular flexibility index (Phi) is 9.92. The molecule has 0 bridgehead atoms.